The third-order valence-corrected chi connectivity index (χ3v) is 4.68. The monoisotopic (exact) mass is 387 g/mol. The van der Waals surface area contributed by atoms with Gasteiger partial charge in [0.15, 0.2) is 0 Å². The Morgan fingerprint density at radius 2 is 1.67 bits per heavy atom. The Morgan fingerprint density at radius 1 is 1.00 bits per heavy atom. The molecule has 0 bridgehead atoms. The fraction of sp³-hybridized carbons (Fsp3) is 0. The van der Waals surface area contributed by atoms with E-state index in [9.17, 15) is 4.39 Å². The molecule has 0 atom stereocenters. The quantitative estimate of drug-likeness (QED) is 0.524. The standard InChI is InChI=1S/C11H3BrCl4FN/c12-8-9(14)7(10(15)18-11(8)16)6-4(13)2-1-3-5(6)17/h1-3H. The van der Waals surface area contributed by atoms with Crippen molar-refractivity contribution in [1.82, 2.24) is 4.98 Å². The molecule has 0 aliphatic heterocycles. The Bertz CT molecular complexity index is 613. The van der Waals surface area contributed by atoms with Crippen molar-refractivity contribution >= 4 is 62.3 Å². The average molecular weight is 390 g/mol. The van der Waals surface area contributed by atoms with Gasteiger partial charge in [0.1, 0.15) is 16.1 Å². The van der Waals surface area contributed by atoms with Crippen LogP contribution in [0.1, 0.15) is 0 Å². The zero-order chi connectivity index (χ0) is 13.4. The molecule has 0 amide bonds. The predicted octanol–water partition coefficient (Wildman–Crippen LogP) is 6.26. The molecule has 0 unspecified atom stereocenters. The highest BCUT2D eigenvalue weighted by atomic mass is 79.9. The lowest BCUT2D eigenvalue weighted by Crippen LogP contribution is -1.92. The van der Waals surface area contributed by atoms with Gasteiger partial charge in [-0.1, -0.05) is 52.5 Å². The zero-order valence-corrected chi connectivity index (χ0v) is 13.1. The average Bonchev–Trinajstić information content (AvgIpc) is 2.30. The predicted molar refractivity (Wildman–Crippen MR) is 77.4 cm³/mol. The number of aromatic nitrogens is 1. The normalized spacial score (nSPS) is 10.8. The first-order chi connectivity index (χ1) is 8.43. The molecular formula is C11H3BrCl4FN. The van der Waals surface area contributed by atoms with Gasteiger partial charge in [0.25, 0.3) is 0 Å². The highest BCUT2D eigenvalue weighted by molar-refractivity contribution is 9.10. The van der Waals surface area contributed by atoms with E-state index in [1.807, 2.05) is 0 Å². The first-order valence-electron chi connectivity index (χ1n) is 4.58. The summed E-state index contributed by atoms with van der Waals surface area (Å²) in [5.74, 6) is -0.540. The van der Waals surface area contributed by atoms with Crippen molar-refractivity contribution in [2.45, 2.75) is 0 Å². The molecule has 0 N–H and O–H groups in total. The van der Waals surface area contributed by atoms with Gasteiger partial charge in [0.2, 0.25) is 0 Å². The minimum Gasteiger partial charge on any atom is -0.222 e. The number of hydrogen-bond donors (Lipinski definition) is 0. The summed E-state index contributed by atoms with van der Waals surface area (Å²) in [4.78, 5) is 3.87. The van der Waals surface area contributed by atoms with E-state index in [1.54, 1.807) is 0 Å². The number of pyridine rings is 1. The van der Waals surface area contributed by atoms with Crippen LogP contribution in [0.3, 0.4) is 0 Å². The van der Waals surface area contributed by atoms with Crippen molar-refractivity contribution in [3.63, 3.8) is 0 Å². The van der Waals surface area contributed by atoms with Crippen molar-refractivity contribution in [3.05, 3.63) is 48.8 Å². The van der Waals surface area contributed by atoms with Gasteiger partial charge in [-0.3, -0.25) is 0 Å². The summed E-state index contributed by atoms with van der Waals surface area (Å²) in [7, 11) is 0. The fourth-order valence-electron chi connectivity index (χ4n) is 1.43. The highest BCUT2D eigenvalue weighted by Gasteiger charge is 2.21. The maximum Gasteiger partial charge on any atom is 0.146 e. The number of rotatable bonds is 1. The van der Waals surface area contributed by atoms with Crippen LogP contribution in [-0.4, -0.2) is 4.98 Å². The molecule has 94 valence electrons. The van der Waals surface area contributed by atoms with Crippen LogP contribution in [0.25, 0.3) is 11.1 Å². The Morgan fingerprint density at radius 3 is 2.28 bits per heavy atom. The lowest BCUT2D eigenvalue weighted by molar-refractivity contribution is 0.631. The number of hydrogen-bond acceptors (Lipinski definition) is 1. The summed E-state index contributed by atoms with van der Waals surface area (Å²) in [5, 5.41) is 0.434. The molecule has 1 aromatic carbocycles. The molecule has 1 aromatic heterocycles. The number of halogens is 6. The molecule has 1 nitrogen and oxygen atoms in total. The Balaban J connectivity index is 2.84. The first kappa shape index (κ1) is 14.4. The van der Waals surface area contributed by atoms with Crippen molar-refractivity contribution in [3.8, 4) is 11.1 Å². The second-order valence-corrected chi connectivity index (χ2v) is 5.59. The van der Waals surface area contributed by atoms with Crippen LogP contribution < -0.4 is 0 Å². The second-order valence-electron chi connectivity index (χ2n) is 3.29. The van der Waals surface area contributed by atoms with Gasteiger partial charge in [-0.15, -0.1) is 0 Å². The van der Waals surface area contributed by atoms with Gasteiger partial charge < -0.3 is 0 Å². The van der Waals surface area contributed by atoms with E-state index in [2.05, 4.69) is 20.9 Å². The van der Waals surface area contributed by atoms with Gasteiger partial charge >= 0.3 is 0 Å². The largest absolute Gasteiger partial charge is 0.222 e. The van der Waals surface area contributed by atoms with Gasteiger partial charge in [-0.25, -0.2) is 9.37 Å². The molecule has 0 fully saturated rings. The van der Waals surface area contributed by atoms with Crippen LogP contribution >= 0.6 is 62.3 Å². The topological polar surface area (TPSA) is 12.9 Å². The van der Waals surface area contributed by atoms with E-state index in [1.165, 1.54) is 18.2 Å². The third-order valence-electron chi connectivity index (χ3n) is 2.21. The van der Waals surface area contributed by atoms with Gasteiger partial charge in [-0.2, -0.15) is 0 Å². The SMILES string of the molecule is Fc1cccc(Cl)c1-c1c(Cl)nc(Cl)c(Br)c1Cl. The van der Waals surface area contributed by atoms with Crippen molar-refractivity contribution in [2.75, 3.05) is 0 Å². The van der Waals surface area contributed by atoms with Gasteiger partial charge in [-0.05, 0) is 28.1 Å². The van der Waals surface area contributed by atoms with Crippen LogP contribution in [0.4, 0.5) is 4.39 Å². The van der Waals surface area contributed by atoms with E-state index in [0.717, 1.165) is 0 Å². The molecule has 0 saturated carbocycles. The molecule has 2 aromatic rings. The third kappa shape index (κ3) is 2.47. The minimum atomic E-state index is -0.540. The Kier molecular flexibility index (Phi) is 4.40. The van der Waals surface area contributed by atoms with E-state index in [-0.39, 0.29) is 31.5 Å². The summed E-state index contributed by atoms with van der Waals surface area (Å²) in [6.07, 6.45) is 0. The van der Waals surface area contributed by atoms with E-state index < -0.39 is 5.82 Å². The maximum absolute atomic E-state index is 13.9. The highest BCUT2D eigenvalue weighted by Crippen LogP contribution is 2.44. The van der Waals surface area contributed by atoms with Crippen LogP contribution in [0.5, 0.6) is 0 Å². The molecule has 0 aliphatic rings. The molecule has 0 spiro atoms. The van der Waals surface area contributed by atoms with Gasteiger partial charge in [0, 0.05) is 11.1 Å². The van der Waals surface area contributed by atoms with Crippen molar-refractivity contribution in [1.29, 1.82) is 0 Å². The van der Waals surface area contributed by atoms with E-state index in [4.69, 9.17) is 46.4 Å². The molecular weight excluding hydrogens is 387 g/mol. The number of nitrogens with zero attached hydrogens (tertiary/aromatic N) is 1. The molecule has 0 aliphatic carbocycles. The molecule has 2 rings (SSSR count). The van der Waals surface area contributed by atoms with Crippen molar-refractivity contribution in [2.24, 2.45) is 0 Å². The number of benzene rings is 1. The second kappa shape index (κ2) is 5.51. The maximum atomic E-state index is 13.9. The first-order valence-corrected chi connectivity index (χ1v) is 6.88. The van der Waals surface area contributed by atoms with Crippen LogP contribution in [-0.2, 0) is 0 Å². The fourth-order valence-corrected chi connectivity index (χ4v) is 2.84. The Labute approximate surface area is 131 Å². The smallest absolute Gasteiger partial charge is 0.146 e. The van der Waals surface area contributed by atoms with Crippen LogP contribution in [0.15, 0.2) is 22.7 Å². The summed E-state index contributed by atoms with van der Waals surface area (Å²) in [6, 6.07) is 4.28. The minimum absolute atomic E-state index is 0.0137. The van der Waals surface area contributed by atoms with Crippen LogP contribution in [0.2, 0.25) is 20.4 Å². The lowest BCUT2D eigenvalue weighted by Gasteiger charge is -2.11. The van der Waals surface area contributed by atoms with Crippen LogP contribution in [0, 0.1) is 5.82 Å². The summed E-state index contributed by atoms with van der Waals surface area (Å²) in [6.45, 7) is 0. The van der Waals surface area contributed by atoms with E-state index >= 15 is 0 Å². The molecule has 0 radical (unpaired) electrons. The Hall–Kier alpha value is -0.0600. The van der Waals surface area contributed by atoms with Gasteiger partial charge in [0.05, 0.1) is 14.5 Å². The summed E-state index contributed by atoms with van der Waals surface area (Å²) in [5.41, 5.74) is 0.303. The molecule has 0 saturated heterocycles. The van der Waals surface area contributed by atoms with Crippen molar-refractivity contribution < 1.29 is 4.39 Å². The molecule has 1 heterocycles. The zero-order valence-electron chi connectivity index (χ0n) is 8.45. The molecule has 7 heteroatoms. The lowest BCUT2D eigenvalue weighted by atomic mass is 10.1. The molecule has 18 heavy (non-hydrogen) atoms. The summed E-state index contributed by atoms with van der Waals surface area (Å²) < 4.78 is 14.2. The van der Waals surface area contributed by atoms with E-state index in [0.29, 0.717) is 4.47 Å². The summed E-state index contributed by atoms with van der Waals surface area (Å²) >= 11 is 27.0.